The average Bonchev–Trinajstić information content (AvgIpc) is 2.75. The van der Waals surface area contributed by atoms with Gasteiger partial charge in [-0.2, -0.15) is 0 Å². The van der Waals surface area contributed by atoms with E-state index in [-0.39, 0.29) is 6.10 Å². The molecule has 0 bridgehead atoms. The minimum atomic E-state index is -0.131. The van der Waals surface area contributed by atoms with Crippen LogP contribution in [0, 0.1) is 23.7 Å². The van der Waals surface area contributed by atoms with E-state index in [0.29, 0.717) is 5.92 Å². The first kappa shape index (κ1) is 12.2. The van der Waals surface area contributed by atoms with Gasteiger partial charge in [0.15, 0.2) is 0 Å². The molecular weight excluding hydrogens is 196 g/mol. The Morgan fingerprint density at radius 1 is 1.38 bits per heavy atom. The lowest BCUT2D eigenvalue weighted by atomic mass is 9.89. The van der Waals surface area contributed by atoms with Gasteiger partial charge in [-0.25, -0.2) is 0 Å². The summed E-state index contributed by atoms with van der Waals surface area (Å²) in [6.45, 7) is 6.73. The van der Waals surface area contributed by atoms with Crippen LogP contribution in [0.3, 0.4) is 0 Å². The third kappa shape index (κ3) is 2.68. The number of rotatable bonds is 3. The highest BCUT2D eigenvalue weighted by Gasteiger charge is 2.31. The molecule has 0 heterocycles. The lowest BCUT2D eigenvalue weighted by Gasteiger charge is -2.17. The largest absolute Gasteiger partial charge is 0.393 e. The van der Waals surface area contributed by atoms with Crippen molar-refractivity contribution >= 4 is 0 Å². The molecule has 0 aromatic heterocycles. The minimum Gasteiger partial charge on any atom is -0.393 e. The fraction of sp³-hybridized carbons (Fsp3) is 0.867. The molecule has 5 atom stereocenters. The zero-order valence-electron chi connectivity index (χ0n) is 10.9. The summed E-state index contributed by atoms with van der Waals surface area (Å²) in [4.78, 5) is 0. The SMILES string of the molecule is CC1CC(C)C(CC2=CCC([C@H](C)O)C2)C1. The van der Waals surface area contributed by atoms with Crippen LogP contribution in [-0.4, -0.2) is 11.2 Å². The number of allylic oxidation sites excluding steroid dienone is 2. The summed E-state index contributed by atoms with van der Waals surface area (Å²) in [5.74, 6) is 3.24. The normalized spacial score (nSPS) is 41.1. The predicted molar refractivity (Wildman–Crippen MR) is 68.2 cm³/mol. The Morgan fingerprint density at radius 3 is 2.62 bits per heavy atom. The maximum absolute atomic E-state index is 9.59. The monoisotopic (exact) mass is 222 g/mol. The Hall–Kier alpha value is -0.300. The molecule has 0 spiro atoms. The second-order valence-corrected chi connectivity index (χ2v) is 6.32. The summed E-state index contributed by atoms with van der Waals surface area (Å²) in [6.07, 6.45) is 8.64. The molecular formula is C15H26O. The van der Waals surface area contributed by atoms with Crippen molar-refractivity contribution in [2.45, 2.75) is 59.0 Å². The number of aliphatic hydroxyl groups excluding tert-OH is 1. The second kappa shape index (κ2) is 4.91. The molecule has 1 heteroatoms. The molecule has 0 aromatic carbocycles. The summed E-state index contributed by atoms with van der Waals surface area (Å²) in [7, 11) is 0. The van der Waals surface area contributed by atoms with Crippen LogP contribution in [0.1, 0.15) is 52.9 Å². The Bertz CT molecular complexity index is 267. The van der Waals surface area contributed by atoms with E-state index in [1.54, 1.807) is 5.57 Å². The minimum absolute atomic E-state index is 0.131. The Kier molecular flexibility index (Phi) is 3.73. The Morgan fingerprint density at radius 2 is 2.12 bits per heavy atom. The Balaban J connectivity index is 1.83. The molecule has 2 aliphatic rings. The highest BCUT2D eigenvalue weighted by molar-refractivity contribution is 5.12. The fourth-order valence-corrected chi connectivity index (χ4v) is 3.65. The number of hydrogen-bond donors (Lipinski definition) is 1. The topological polar surface area (TPSA) is 20.2 Å². The quantitative estimate of drug-likeness (QED) is 0.721. The van der Waals surface area contributed by atoms with Crippen LogP contribution in [0.4, 0.5) is 0 Å². The van der Waals surface area contributed by atoms with Crippen molar-refractivity contribution in [3.05, 3.63) is 11.6 Å². The molecule has 1 N–H and O–H groups in total. The summed E-state index contributed by atoms with van der Waals surface area (Å²) >= 11 is 0. The van der Waals surface area contributed by atoms with Crippen LogP contribution in [0.25, 0.3) is 0 Å². The van der Waals surface area contributed by atoms with Crippen molar-refractivity contribution < 1.29 is 5.11 Å². The summed E-state index contributed by atoms with van der Waals surface area (Å²) in [5.41, 5.74) is 1.62. The van der Waals surface area contributed by atoms with Gasteiger partial charge < -0.3 is 5.11 Å². The van der Waals surface area contributed by atoms with Gasteiger partial charge in [-0.15, -0.1) is 0 Å². The first-order valence-corrected chi connectivity index (χ1v) is 6.92. The molecule has 0 aliphatic heterocycles. The molecule has 2 rings (SSSR count). The summed E-state index contributed by atoms with van der Waals surface area (Å²) < 4.78 is 0. The first-order valence-electron chi connectivity index (χ1n) is 6.92. The third-order valence-corrected chi connectivity index (χ3v) is 4.72. The summed E-state index contributed by atoms with van der Waals surface area (Å²) in [6, 6.07) is 0. The molecule has 0 aromatic rings. The lowest BCUT2D eigenvalue weighted by molar-refractivity contribution is 0.131. The maximum Gasteiger partial charge on any atom is 0.0546 e. The molecule has 2 aliphatic carbocycles. The van der Waals surface area contributed by atoms with E-state index in [0.717, 1.165) is 30.6 Å². The van der Waals surface area contributed by atoms with E-state index in [2.05, 4.69) is 19.9 Å². The van der Waals surface area contributed by atoms with Crippen LogP contribution in [0.2, 0.25) is 0 Å². The van der Waals surface area contributed by atoms with Crippen LogP contribution in [0.15, 0.2) is 11.6 Å². The van der Waals surface area contributed by atoms with Crippen LogP contribution >= 0.6 is 0 Å². The van der Waals surface area contributed by atoms with E-state index in [9.17, 15) is 5.11 Å². The number of hydrogen-bond acceptors (Lipinski definition) is 1. The first-order chi connectivity index (χ1) is 7.56. The van der Waals surface area contributed by atoms with E-state index >= 15 is 0 Å². The van der Waals surface area contributed by atoms with Crippen molar-refractivity contribution in [1.29, 1.82) is 0 Å². The smallest absolute Gasteiger partial charge is 0.0546 e. The zero-order chi connectivity index (χ0) is 11.7. The van der Waals surface area contributed by atoms with Gasteiger partial charge in [-0.3, -0.25) is 0 Å². The van der Waals surface area contributed by atoms with Gasteiger partial charge in [0.1, 0.15) is 0 Å². The van der Waals surface area contributed by atoms with Crippen molar-refractivity contribution in [2.75, 3.05) is 0 Å². The molecule has 4 unspecified atom stereocenters. The van der Waals surface area contributed by atoms with Gasteiger partial charge in [0, 0.05) is 0 Å². The molecule has 0 amide bonds. The van der Waals surface area contributed by atoms with Crippen molar-refractivity contribution in [2.24, 2.45) is 23.7 Å². The molecule has 1 nitrogen and oxygen atoms in total. The van der Waals surface area contributed by atoms with E-state index in [1.165, 1.54) is 19.3 Å². The second-order valence-electron chi connectivity index (χ2n) is 6.32. The third-order valence-electron chi connectivity index (χ3n) is 4.72. The van der Waals surface area contributed by atoms with Crippen molar-refractivity contribution in [3.63, 3.8) is 0 Å². The van der Waals surface area contributed by atoms with E-state index in [4.69, 9.17) is 0 Å². The molecule has 16 heavy (non-hydrogen) atoms. The van der Waals surface area contributed by atoms with Crippen LogP contribution in [0.5, 0.6) is 0 Å². The highest BCUT2D eigenvalue weighted by atomic mass is 16.3. The van der Waals surface area contributed by atoms with Gasteiger partial charge in [0.2, 0.25) is 0 Å². The zero-order valence-corrected chi connectivity index (χ0v) is 10.9. The molecule has 92 valence electrons. The van der Waals surface area contributed by atoms with Crippen LogP contribution in [-0.2, 0) is 0 Å². The van der Waals surface area contributed by atoms with Crippen LogP contribution < -0.4 is 0 Å². The fourth-order valence-electron chi connectivity index (χ4n) is 3.65. The lowest BCUT2D eigenvalue weighted by Crippen LogP contribution is -2.13. The molecule has 0 radical (unpaired) electrons. The van der Waals surface area contributed by atoms with Gasteiger partial charge in [-0.05, 0) is 62.7 Å². The standard InChI is InChI=1S/C15H26O/c1-10-6-11(2)15(7-10)9-13-4-5-14(8-13)12(3)16/h4,10-12,14-16H,5-9H2,1-3H3/t10?,11?,12-,14?,15?/m0/s1. The molecule has 1 saturated carbocycles. The molecule has 1 fully saturated rings. The van der Waals surface area contributed by atoms with Crippen molar-refractivity contribution in [3.8, 4) is 0 Å². The van der Waals surface area contributed by atoms with Crippen molar-refractivity contribution in [1.82, 2.24) is 0 Å². The summed E-state index contributed by atoms with van der Waals surface area (Å²) in [5, 5.41) is 9.59. The van der Waals surface area contributed by atoms with Gasteiger partial charge >= 0.3 is 0 Å². The van der Waals surface area contributed by atoms with Gasteiger partial charge in [0.25, 0.3) is 0 Å². The predicted octanol–water partition coefficient (Wildman–Crippen LogP) is 3.78. The maximum atomic E-state index is 9.59. The van der Waals surface area contributed by atoms with Gasteiger partial charge in [-0.1, -0.05) is 25.5 Å². The highest BCUT2D eigenvalue weighted by Crippen LogP contribution is 2.42. The average molecular weight is 222 g/mol. The van der Waals surface area contributed by atoms with E-state index < -0.39 is 0 Å². The van der Waals surface area contributed by atoms with Gasteiger partial charge in [0.05, 0.1) is 6.10 Å². The molecule has 0 saturated heterocycles. The van der Waals surface area contributed by atoms with E-state index in [1.807, 2.05) is 6.92 Å². The Labute approximate surface area is 99.9 Å². The number of aliphatic hydroxyl groups is 1.